The van der Waals surface area contributed by atoms with Gasteiger partial charge >= 0.3 is 0 Å². The maximum Gasteiger partial charge on any atom is 0.0979 e. The molecular formula is C94H56N8. The summed E-state index contributed by atoms with van der Waals surface area (Å²) in [6.45, 7) is 0. The van der Waals surface area contributed by atoms with E-state index in [1.807, 2.05) is 24.4 Å². The molecule has 472 valence electrons. The standard InChI is InChI=1S/C94H56N8/c1-3-16-57(17-4-1)80-44-37-58-32-33-59-39-46-82(98-90(59)89(58)96-80)67-20-14-21-68(51-67)83-47-40-61-35-34-60-38-45-81(97-91(60)92(61)99-83)66-19-13-18-62(50-66)63-36-43-73-72-26-7-8-29-76(72)94-93(79(73)55-63)95-56-84(100-94)69-22-15-25-71(52-69)102-86-31-12-10-28-75(86)78-54-65(42-49-88(78)102)64-41-48-87-77(53-64)74-27-9-11-30-85(74)101(87)70-23-5-2-6-24-70/h1-56H. The van der Waals surface area contributed by atoms with E-state index in [0.717, 1.165) is 166 Å². The molecule has 7 aromatic heterocycles. The molecule has 0 N–H and O–H groups in total. The zero-order valence-electron chi connectivity index (χ0n) is 54.9. The van der Waals surface area contributed by atoms with Crippen LogP contribution in [0.15, 0.2) is 340 Å². The van der Waals surface area contributed by atoms with Crippen LogP contribution in [0, 0.1) is 0 Å². The second-order valence-electron chi connectivity index (χ2n) is 26.5. The Morgan fingerprint density at radius 2 is 0.529 bits per heavy atom. The van der Waals surface area contributed by atoms with Gasteiger partial charge in [0.2, 0.25) is 0 Å². The monoisotopic (exact) mass is 1300 g/mol. The third-order valence-electron chi connectivity index (χ3n) is 20.7. The average Bonchev–Trinajstić information content (AvgIpc) is 1.44. The van der Waals surface area contributed by atoms with Crippen molar-refractivity contribution in [2.45, 2.75) is 0 Å². The Morgan fingerprint density at radius 1 is 0.176 bits per heavy atom. The summed E-state index contributed by atoms with van der Waals surface area (Å²) in [5.74, 6) is 0. The fourth-order valence-electron chi connectivity index (χ4n) is 15.7. The van der Waals surface area contributed by atoms with Gasteiger partial charge in [-0.05, 0) is 136 Å². The lowest BCUT2D eigenvalue weighted by atomic mass is 9.94. The van der Waals surface area contributed by atoms with E-state index in [1.165, 1.54) is 43.7 Å². The van der Waals surface area contributed by atoms with Crippen LogP contribution in [0.5, 0.6) is 0 Å². The Bertz CT molecular complexity index is 7080. The summed E-state index contributed by atoms with van der Waals surface area (Å²) in [6.07, 6.45) is 1.95. The van der Waals surface area contributed by atoms with Crippen LogP contribution in [0.4, 0.5) is 0 Å². The lowest BCUT2D eigenvalue weighted by Gasteiger charge is -2.13. The minimum absolute atomic E-state index is 0.806. The molecule has 8 nitrogen and oxygen atoms in total. The van der Waals surface area contributed by atoms with Crippen LogP contribution in [-0.4, -0.2) is 39.0 Å². The van der Waals surface area contributed by atoms with Crippen molar-refractivity contribution >= 4 is 120 Å². The second-order valence-corrected chi connectivity index (χ2v) is 26.5. The lowest BCUT2D eigenvalue weighted by Crippen LogP contribution is -1.96. The number of para-hydroxylation sites is 3. The highest BCUT2D eigenvalue weighted by molar-refractivity contribution is 6.24. The van der Waals surface area contributed by atoms with Crippen molar-refractivity contribution in [1.82, 2.24) is 39.0 Å². The zero-order valence-corrected chi connectivity index (χ0v) is 54.9. The maximum absolute atomic E-state index is 5.55. The van der Waals surface area contributed by atoms with Crippen molar-refractivity contribution in [2.24, 2.45) is 0 Å². The van der Waals surface area contributed by atoms with E-state index in [0.29, 0.717) is 0 Å². The fraction of sp³-hybridized carbons (Fsp3) is 0. The maximum atomic E-state index is 5.55. The molecule has 0 fully saturated rings. The van der Waals surface area contributed by atoms with Crippen molar-refractivity contribution in [3.8, 4) is 89.9 Å². The van der Waals surface area contributed by atoms with Gasteiger partial charge in [0, 0.05) is 93.1 Å². The van der Waals surface area contributed by atoms with Gasteiger partial charge in [0.05, 0.1) is 89.8 Å². The molecule has 0 bridgehead atoms. The topological polar surface area (TPSA) is 87.2 Å². The van der Waals surface area contributed by atoms with Crippen LogP contribution < -0.4 is 0 Å². The van der Waals surface area contributed by atoms with Crippen LogP contribution in [0.1, 0.15) is 0 Å². The van der Waals surface area contributed by atoms with Crippen molar-refractivity contribution in [1.29, 1.82) is 0 Å². The molecule has 0 aliphatic heterocycles. The second kappa shape index (κ2) is 22.9. The van der Waals surface area contributed by atoms with E-state index in [4.69, 9.17) is 29.9 Å². The third kappa shape index (κ3) is 9.31. The Balaban J connectivity index is 0.604. The summed E-state index contributed by atoms with van der Waals surface area (Å²) < 4.78 is 4.76. The van der Waals surface area contributed by atoms with Crippen LogP contribution in [0.3, 0.4) is 0 Å². The number of rotatable bonds is 9. The highest BCUT2D eigenvalue weighted by Gasteiger charge is 2.20. The molecule has 7 heterocycles. The normalized spacial score (nSPS) is 11.9. The van der Waals surface area contributed by atoms with Gasteiger partial charge < -0.3 is 9.13 Å². The first-order valence-electron chi connectivity index (χ1n) is 34.5. The van der Waals surface area contributed by atoms with E-state index < -0.39 is 0 Å². The molecule has 0 saturated heterocycles. The molecule has 0 amide bonds. The summed E-state index contributed by atoms with van der Waals surface area (Å²) >= 11 is 0. The first-order valence-corrected chi connectivity index (χ1v) is 34.5. The molecule has 21 aromatic rings. The lowest BCUT2D eigenvalue weighted by molar-refractivity contribution is 1.18. The Morgan fingerprint density at radius 3 is 1.08 bits per heavy atom. The number of hydrogen-bond donors (Lipinski definition) is 0. The molecule has 0 radical (unpaired) electrons. The van der Waals surface area contributed by atoms with Gasteiger partial charge in [-0.1, -0.05) is 231 Å². The fourth-order valence-corrected chi connectivity index (χ4v) is 15.7. The molecule has 14 aromatic carbocycles. The van der Waals surface area contributed by atoms with E-state index >= 15 is 0 Å². The van der Waals surface area contributed by atoms with Gasteiger partial charge in [0.1, 0.15) is 0 Å². The predicted octanol–water partition coefficient (Wildman–Crippen LogP) is 24.0. The molecule has 21 rings (SSSR count). The van der Waals surface area contributed by atoms with Gasteiger partial charge in [-0.15, -0.1) is 0 Å². The van der Waals surface area contributed by atoms with E-state index in [2.05, 4.69) is 325 Å². The van der Waals surface area contributed by atoms with Crippen molar-refractivity contribution in [3.05, 3.63) is 340 Å². The van der Waals surface area contributed by atoms with E-state index in [1.54, 1.807) is 0 Å². The first kappa shape index (κ1) is 57.3. The van der Waals surface area contributed by atoms with Crippen LogP contribution in [0.25, 0.3) is 210 Å². The van der Waals surface area contributed by atoms with Gasteiger partial charge in [0.15, 0.2) is 0 Å². The molecule has 8 heteroatoms. The molecule has 0 atom stereocenters. The Kier molecular flexibility index (Phi) is 12.9. The summed E-state index contributed by atoms with van der Waals surface area (Å²) in [5, 5.41) is 13.4. The van der Waals surface area contributed by atoms with Crippen molar-refractivity contribution in [3.63, 3.8) is 0 Å². The molecule has 0 spiro atoms. The molecule has 102 heavy (non-hydrogen) atoms. The summed E-state index contributed by atoms with van der Waals surface area (Å²) in [5.41, 5.74) is 26.0. The van der Waals surface area contributed by atoms with Crippen molar-refractivity contribution in [2.75, 3.05) is 0 Å². The van der Waals surface area contributed by atoms with Gasteiger partial charge in [0.25, 0.3) is 0 Å². The molecular weight excluding hydrogens is 1240 g/mol. The van der Waals surface area contributed by atoms with Crippen molar-refractivity contribution < 1.29 is 0 Å². The van der Waals surface area contributed by atoms with E-state index in [9.17, 15) is 0 Å². The molecule has 0 aliphatic carbocycles. The quantitative estimate of drug-likeness (QED) is 0.134. The summed E-state index contributed by atoms with van der Waals surface area (Å²) in [6, 6.07) is 119. The minimum atomic E-state index is 0.806. The highest BCUT2D eigenvalue weighted by atomic mass is 15.0. The predicted molar refractivity (Wildman–Crippen MR) is 422 cm³/mol. The summed E-state index contributed by atoms with van der Waals surface area (Å²) in [4.78, 5) is 32.2. The number of nitrogens with zero attached hydrogens (tertiary/aromatic N) is 8. The van der Waals surface area contributed by atoms with E-state index in [-0.39, 0.29) is 0 Å². The minimum Gasteiger partial charge on any atom is -0.309 e. The summed E-state index contributed by atoms with van der Waals surface area (Å²) in [7, 11) is 0. The number of aromatic nitrogens is 8. The Labute approximate surface area is 585 Å². The highest BCUT2D eigenvalue weighted by Crippen LogP contribution is 2.42. The number of hydrogen-bond acceptors (Lipinski definition) is 6. The number of fused-ring (bicyclic) bond motifs is 18. The van der Waals surface area contributed by atoms with Gasteiger partial charge in [-0.2, -0.15) is 0 Å². The van der Waals surface area contributed by atoms with Gasteiger partial charge in [-0.3, -0.25) is 4.98 Å². The average molecular weight is 1300 g/mol. The Hall–Kier alpha value is -13.8. The SMILES string of the molecule is c1ccc(-c2ccc3ccc4ccc(-c5cccc(-c6ccc7ccc8ccc(-c9cccc(-c%10ccc%11c%12ccccc%12c%12nc(-c%13cccc(-n%14c%15ccccc%15c%15cc(-c%16ccc%17c(c%16)c%16ccccc%16n%17-c%16ccccc%16)ccc%15%14)c%13)cnc%12c%11c%10)c9)nc8c7n6)c5)nc4c3n2)cc1. The zero-order chi connectivity index (χ0) is 66.9. The molecule has 0 aliphatic rings. The van der Waals surface area contributed by atoms with Crippen LogP contribution in [-0.2, 0) is 0 Å². The third-order valence-corrected chi connectivity index (χ3v) is 20.7. The van der Waals surface area contributed by atoms with Crippen LogP contribution in [0.2, 0.25) is 0 Å². The van der Waals surface area contributed by atoms with Crippen LogP contribution >= 0.6 is 0 Å². The number of benzene rings is 14. The smallest absolute Gasteiger partial charge is 0.0979 e. The first-order chi connectivity index (χ1) is 50.5. The number of pyridine rings is 4. The largest absolute Gasteiger partial charge is 0.309 e. The van der Waals surface area contributed by atoms with Gasteiger partial charge in [-0.25, -0.2) is 24.9 Å². The molecule has 0 unspecified atom stereocenters. The molecule has 0 saturated carbocycles.